The molecule has 4 heteroatoms. The van der Waals surface area contributed by atoms with Crippen molar-refractivity contribution in [2.45, 2.75) is 39.2 Å². The van der Waals surface area contributed by atoms with E-state index in [1.807, 2.05) is 6.92 Å². The molecule has 0 aromatic heterocycles. The number of likely N-dealkylation sites (tertiary alicyclic amines) is 1. The fourth-order valence-electron chi connectivity index (χ4n) is 2.45. The summed E-state index contributed by atoms with van der Waals surface area (Å²) in [5, 5.41) is 3.19. The fraction of sp³-hybridized carbons (Fsp3) is 0.923. The highest BCUT2D eigenvalue weighted by Crippen LogP contribution is 2.16. The Hall–Kier alpha value is -0.610. The van der Waals surface area contributed by atoms with Crippen LogP contribution in [-0.2, 0) is 4.79 Å². The van der Waals surface area contributed by atoms with Crippen LogP contribution in [0.3, 0.4) is 0 Å². The number of hydrogen-bond donors (Lipinski definition) is 2. The Morgan fingerprint density at radius 1 is 1.59 bits per heavy atom. The number of hydrogen-bond acceptors (Lipinski definition) is 3. The zero-order chi connectivity index (χ0) is 12.8. The van der Waals surface area contributed by atoms with Crippen LogP contribution in [0.5, 0.6) is 0 Å². The van der Waals surface area contributed by atoms with E-state index < -0.39 is 0 Å². The predicted octanol–water partition coefficient (Wildman–Crippen LogP) is 0.818. The summed E-state index contributed by atoms with van der Waals surface area (Å²) >= 11 is 0. The number of carbonyl (C=O) groups is 1. The lowest BCUT2D eigenvalue weighted by Gasteiger charge is -2.35. The summed E-state index contributed by atoms with van der Waals surface area (Å²) in [6.07, 6.45) is 2.88. The molecule has 0 spiro atoms. The van der Waals surface area contributed by atoms with E-state index in [9.17, 15) is 4.79 Å². The lowest BCUT2D eigenvalue weighted by atomic mass is 9.93. The van der Waals surface area contributed by atoms with E-state index in [-0.39, 0.29) is 11.8 Å². The molecule has 3 unspecified atom stereocenters. The van der Waals surface area contributed by atoms with Gasteiger partial charge in [-0.1, -0.05) is 13.8 Å². The first-order chi connectivity index (χ1) is 8.04. The van der Waals surface area contributed by atoms with Crippen molar-refractivity contribution in [2.75, 3.05) is 26.7 Å². The molecule has 100 valence electrons. The second-order valence-electron chi connectivity index (χ2n) is 5.48. The first-order valence-electron chi connectivity index (χ1n) is 6.73. The predicted molar refractivity (Wildman–Crippen MR) is 70.7 cm³/mol. The van der Waals surface area contributed by atoms with Gasteiger partial charge in [0.05, 0.1) is 0 Å². The first-order valence-corrected chi connectivity index (χ1v) is 6.73. The van der Waals surface area contributed by atoms with Crippen molar-refractivity contribution in [1.82, 2.24) is 10.2 Å². The molecule has 0 aromatic carbocycles. The van der Waals surface area contributed by atoms with Gasteiger partial charge in [0.1, 0.15) is 0 Å². The molecule has 3 N–H and O–H groups in total. The van der Waals surface area contributed by atoms with E-state index in [1.165, 1.54) is 0 Å². The number of rotatable bonds is 5. The number of nitrogens with one attached hydrogen (secondary N) is 1. The van der Waals surface area contributed by atoms with Crippen LogP contribution in [0, 0.1) is 11.8 Å². The largest absolute Gasteiger partial charge is 0.353 e. The second-order valence-corrected chi connectivity index (χ2v) is 5.48. The molecule has 0 saturated carbocycles. The van der Waals surface area contributed by atoms with Crippen molar-refractivity contribution in [3.8, 4) is 0 Å². The van der Waals surface area contributed by atoms with E-state index in [2.05, 4.69) is 24.2 Å². The Kier molecular flexibility index (Phi) is 5.92. The van der Waals surface area contributed by atoms with Gasteiger partial charge in [0.25, 0.3) is 0 Å². The molecule has 0 aromatic rings. The van der Waals surface area contributed by atoms with Crippen molar-refractivity contribution in [1.29, 1.82) is 0 Å². The molecule has 17 heavy (non-hydrogen) atoms. The molecular formula is C13H27N3O. The maximum absolute atomic E-state index is 12.0. The summed E-state index contributed by atoms with van der Waals surface area (Å²) in [7, 11) is 2.14. The van der Waals surface area contributed by atoms with Crippen LogP contribution in [0.15, 0.2) is 0 Å². The minimum atomic E-state index is 0.0883. The zero-order valence-electron chi connectivity index (χ0n) is 11.4. The molecular weight excluding hydrogens is 214 g/mol. The smallest absolute Gasteiger partial charge is 0.223 e. The molecule has 0 aliphatic carbocycles. The maximum atomic E-state index is 12.0. The van der Waals surface area contributed by atoms with E-state index >= 15 is 0 Å². The van der Waals surface area contributed by atoms with Gasteiger partial charge in [0.15, 0.2) is 0 Å². The lowest BCUT2D eigenvalue weighted by molar-refractivity contribution is -0.126. The van der Waals surface area contributed by atoms with Crippen LogP contribution in [0.4, 0.5) is 0 Å². The third kappa shape index (κ3) is 4.64. The Labute approximate surface area is 105 Å². The SMILES string of the molecule is CC(CCCN)C(=O)NC1CCN(C)CC1C. The van der Waals surface area contributed by atoms with Crippen molar-refractivity contribution in [2.24, 2.45) is 17.6 Å². The van der Waals surface area contributed by atoms with Crippen LogP contribution in [0.2, 0.25) is 0 Å². The van der Waals surface area contributed by atoms with Gasteiger partial charge in [-0.25, -0.2) is 0 Å². The molecule has 1 amide bonds. The van der Waals surface area contributed by atoms with Crippen LogP contribution >= 0.6 is 0 Å². The van der Waals surface area contributed by atoms with Crippen LogP contribution in [0.25, 0.3) is 0 Å². The van der Waals surface area contributed by atoms with E-state index in [0.717, 1.165) is 32.4 Å². The van der Waals surface area contributed by atoms with Gasteiger partial charge in [0, 0.05) is 18.5 Å². The number of nitrogens with zero attached hydrogens (tertiary/aromatic N) is 1. The second kappa shape index (κ2) is 6.97. The average molecular weight is 241 g/mol. The van der Waals surface area contributed by atoms with E-state index in [1.54, 1.807) is 0 Å². The number of carbonyl (C=O) groups excluding carboxylic acids is 1. The number of amides is 1. The van der Waals surface area contributed by atoms with Gasteiger partial charge in [-0.15, -0.1) is 0 Å². The van der Waals surface area contributed by atoms with Crippen molar-refractivity contribution >= 4 is 5.91 Å². The third-order valence-electron chi connectivity index (χ3n) is 3.72. The molecule has 1 aliphatic heterocycles. The monoisotopic (exact) mass is 241 g/mol. The van der Waals surface area contributed by atoms with E-state index in [4.69, 9.17) is 5.73 Å². The van der Waals surface area contributed by atoms with Gasteiger partial charge in [-0.2, -0.15) is 0 Å². The average Bonchev–Trinajstić information content (AvgIpc) is 2.29. The van der Waals surface area contributed by atoms with Crippen LogP contribution in [0.1, 0.15) is 33.1 Å². The summed E-state index contributed by atoms with van der Waals surface area (Å²) in [5.41, 5.74) is 5.46. The number of nitrogens with two attached hydrogens (primary N) is 1. The standard InChI is InChI=1S/C13H27N3O/c1-10(5-4-7-14)13(17)15-12-6-8-16(3)9-11(12)2/h10-12H,4-9,14H2,1-3H3,(H,15,17). The van der Waals surface area contributed by atoms with Crippen molar-refractivity contribution in [3.05, 3.63) is 0 Å². The maximum Gasteiger partial charge on any atom is 0.223 e. The molecule has 4 nitrogen and oxygen atoms in total. The van der Waals surface area contributed by atoms with Gasteiger partial charge < -0.3 is 16.0 Å². The Morgan fingerprint density at radius 2 is 2.29 bits per heavy atom. The molecule has 1 saturated heterocycles. The van der Waals surface area contributed by atoms with Crippen molar-refractivity contribution in [3.63, 3.8) is 0 Å². The highest BCUT2D eigenvalue weighted by Gasteiger charge is 2.26. The third-order valence-corrected chi connectivity index (χ3v) is 3.72. The molecule has 1 heterocycles. The summed E-state index contributed by atoms with van der Waals surface area (Å²) in [6.45, 7) is 7.02. The van der Waals surface area contributed by atoms with Crippen LogP contribution < -0.4 is 11.1 Å². The van der Waals surface area contributed by atoms with Crippen LogP contribution in [-0.4, -0.2) is 43.5 Å². The lowest BCUT2D eigenvalue weighted by Crippen LogP contribution is -2.50. The topological polar surface area (TPSA) is 58.4 Å². The highest BCUT2D eigenvalue weighted by atomic mass is 16.1. The summed E-state index contributed by atoms with van der Waals surface area (Å²) in [6, 6.07) is 0.346. The highest BCUT2D eigenvalue weighted by molar-refractivity contribution is 5.78. The minimum absolute atomic E-state index is 0.0883. The van der Waals surface area contributed by atoms with Gasteiger partial charge in [-0.3, -0.25) is 4.79 Å². The Balaban J connectivity index is 2.34. The van der Waals surface area contributed by atoms with Gasteiger partial charge in [0.2, 0.25) is 5.91 Å². The van der Waals surface area contributed by atoms with Gasteiger partial charge >= 0.3 is 0 Å². The van der Waals surface area contributed by atoms with Gasteiger partial charge in [-0.05, 0) is 45.3 Å². The Bertz CT molecular complexity index is 245. The normalized spacial score (nSPS) is 27.8. The first kappa shape index (κ1) is 14.5. The Morgan fingerprint density at radius 3 is 2.88 bits per heavy atom. The summed E-state index contributed by atoms with van der Waals surface area (Å²) < 4.78 is 0. The molecule has 1 aliphatic rings. The fourth-order valence-corrected chi connectivity index (χ4v) is 2.45. The molecule has 1 rings (SSSR count). The minimum Gasteiger partial charge on any atom is -0.353 e. The molecule has 1 fully saturated rings. The van der Waals surface area contributed by atoms with Crippen molar-refractivity contribution < 1.29 is 4.79 Å². The molecule has 0 radical (unpaired) electrons. The summed E-state index contributed by atoms with van der Waals surface area (Å²) in [4.78, 5) is 14.3. The number of piperidine rings is 1. The summed E-state index contributed by atoms with van der Waals surface area (Å²) in [5.74, 6) is 0.824. The van der Waals surface area contributed by atoms with E-state index in [0.29, 0.717) is 18.5 Å². The quantitative estimate of drug-likeness (QED) is 0.749. The zero-order valence-corrected chi connectivity index (χ0v) is 11.4. The molecule has 3 atom stereocenters. The molecule has 0 bridgehead atoms.